The van der Waals surface area contributed by atoms with Crippen LogP contribution in [-0.4, -0.2) is 37.4 Å². The number of aryl methyl sites for hydroxylation is 1. The van der Waals surface area contributed by atoms with Gasteiger partial charge in [-0.25, -0.2) is 9.97 Å². The minimum Gasteiger partial charge on any atom is -0.382 e. The Labute approximate surface area is 107 Å². The Kier molecular flexibility index (Phi) is 3.89. The lowest BCUT2D eigenvalue weighted by Gasteiger charge is -2.04. The zero-order chi connectivity index (χ0) is 13.1. The molecule has 0 amide bonds. The number of nitrogens with one attached hydrogen (secondary N) is 1. The molecule has 0 fully saturated rings. The average Bonchev–Trinajstić information content (AvgIpc) is 2.85. The van der Waals surface area contributed by atoms with Crippen molar-refractivity contribution in [2.75, 3.05) is 12.3 Å². The molecule has 2 aromatic heterocycles. The van der Waals surface area contributed by atoms with Crippen molar-refractivity contribution in [1.82, 2.24) is 20.3 Å². The second-order valence-corrected chi connectivity index (χ2v) is 4.61. The Balaban J connectivity index is 2.10. The highest BCUT2D eigenvalue weighted by Crippen LogP contribution is 2.29. The molecule has 2 aromatic rings. The molecule has 0 saturated carbocycles. The normalized spacial score (nSPS) is 11.3. The van der Waals surface area contributed by atoms with Crippen molar-refractivity contribution in [3.63, 3.8) is 0 Å². The van der Waals surface area contributed by atoms with Gasteiger partial charge in [0.15, 0.2) is 5.82 Å². The number of rotatable bonds is 5. The van der Waals surface area contributed by atoms with E-state index in [4.69, 9.17) is 16.1 Å². The van der Waals surface area contributed by atoms with E-state index >= 15 is 0 Å². The van der Waals surface area contributed by atoms with Gasteiger partial charge in [-0.1, -0.05) is 0 Å². The lowest BCUT2D eigenvalue weighted by molar-refractivity contribution is -0.492. The van der Waals surface area contributed by atoms with Crippen LogP contribution in [0.15, 0.2) is 6.33 Å². The van der Waals surface area contributed by atoms with Crippen LogP contribution in [0, 0.1) is 6.92 Å². The van der Waals surface area contributed by atoms with E-state index in [1.807, 2.05) is 6.92 Å². The molecule has 0 unspecified atom stereocenters. The van der Waals surface area contributed by atoms with Crippen molar-refractivity contribution in [3.8, 4) is 10.7 Å². The van der Waals surface area contributed by atoms with E-state index in [9.17, 15) is 0 Å². The van der Waals surface area contributed by atoms with Gasteiger partial charge in [-0.2, -0.15) is 0 Å². The third kappa shape index (κ3) is 2.83. The maximum atomic E-state index is 8.42. The van der Waals surface area contributed by atoms with E-state index in [0.29, 0.717) is 17.9 Å². The van der Waals surface area contributed by atoms with Gasteiger partial charge in [0.1, 0.15) is 10.7 Å². The van der Waals surface area contributed by atoms with E-state index in [-0.39, 0.29) is 12.0 Å². The molecule has 18 heavy (non-hydrogen) atoms. The molecule has 0 aromatic carbocycles. The first kappa shape index (κ1) is 12.9. The number of hydrogen-bond acceptors (Lipinski definition) is 8. The molecular weight excluding hydrogens is 258 g/mol. The lowest BCUT2D eigenvalue weighted by Crippen LogP contribution is -2.16. The largest absolute Gasteiger partial charge is 0.382 e. The van der Waals surface area contributed by atoms with Crippen LogP contribution in [0.3, 0.4) is 0 Å². The Morgan fingerprint density at radius 1 is 1.56 bits per heavy atom. The molecule has 0 aliphatic heterocycles. The van der Waals surface area contributed by atoms with Crippen LogP contribution in [0.5, 0.6) is 0 Å². The van der Waals surface area contributed by atoms with Crippen LogP contribution >= 0.6 is 11.3 Å². The fourth-order valence-electron chi connectivity index (χ4n) is 1.46. The molecule has 9 heteroatoms. The first-order valence-corrected chi connectivity index (χ1v) is 5.96. The summed E-state index contributed by atoms with van der Waals surface area (Å²) < 4.78 is 0. The van der Waals surface area contributed by atoms with Crippen LogP contribution in [0.4, 0.5) is 5.82 Å². The van der Waals surface area contributed by atoms with Gasteiger partial charge >= 0.3 is 0 Å². The van der Waals surface area contributed by atoms with Crippen molar-refractivity contribution in [3.05, 3.63) is 16.9 Å². The number of nitrogen functional groups attached to an aromatic ring is 1. The quantitative estimate of drug-likeness (QED) is 0.598. The smallest absolute Gasteiger partial charge is 0.152 e. The molecule has 5 N–H and O–H groups in total. The monoisotopic (exact) mass is 271 g/mol. The molecule has 0 aliphatic carbocycles. The molecule has 0 atom stereocenters. The van der Waals surface area contributed by atoms with Crippen LogP contribution in [0.25, 0.3) is 10.7 Å². The Morgan fingerprint density at radius 3 is 2.94 bits per heavy atom. The molecule has 8 nitrogen and oxygen atoms in total. The van der Waals surface area contributed by atoms with E-state index in [1.165, 1.54) is 17.7 Å². The topological polar surface area (TPSA) is 121 Å². The van der Waals surface area contributed by atoms with E-state index < -0.39 is 0 Å². The zero-order valence-electron chi connectivity index (χ0n) is 9.62. The summed E-state index contributed by atoms with van der Waals surface area (Å²) in [6.07, 6.45) is 2.04. The minimum absolute atomic E-state index is 0.147. The number of hydrogen-bond donors (Lipinski definition) is 4. The van der Waals surface area contributed by atoms with E-state index in [1.54, 1.807) is 0 Å². The first-order valence-electron chi connectivity index (χ1n) is 5.14. The molecule has 98 valence electrons. The number of anilines is 1. The fraction of sp³-hybridized carbons (Fsp3) is 0.333. The van der Waals surface area contributed by atoms with Gasteiger partial charge in [0.05, 0.1) is 24.0 Å². The van der Waals surface area contributed by atoms with Gasteiger partial charge in [-0.15, -0.1) is 11.3 Å². The van der Waals surface area contributed by atoms with Crippen LogP contribution in [-0.2, 0) is 11.3 Å². The Morgan fingerprint density at radius 2 is 2.33 bits per heavy atom. The maximum Gasteiger partial charge on any atom is 0.152 e. The van der Waals surface area contributed by atoms with Crippen molar-refractivity contribution in [2.24, 2.45) is 0 Å². The number of aromatic amines is 1. The van der Waals surface area contributed by atoms with E-state index in [2.05, 4.69) is 19.8 Å². The summed E-state index contributed by atoms with van der Waals surface area (Å²) in [7, 11) is 0. The number of nitrogens with zero attached hydrogens (tertiary/aromatic N) is 3. The molecule has 2 heterocycles. The molecule has 0 spiro atoms. The van der Waals surface area contributed by atoms with Crippen molar-refractivity contribution in [2.45, 2.75) is 13.3 Å². The predicted octanol–water partition coefficient (Wildman–Crippen LogP) is 0.978. The van der Waals surface area contributed by atoms with Crippen molar-refractivity contribution in [1.29, 1.82) is 0 Å². The predicted molar refractivity (Wildman–Crippen MR) is 63.9 cm³/mol. The maximum absolute atomic E-state index is 8.42. The van der Waals surface area contributed by atoms with Gasteiger partial charge in [-0.05, 0) is 6.92 Å². The Hall–Kier alpha value is -1.52. The van der Waals surface area contributed by atoms with E-state index in [0.717, 1.165) is 15.6 Å². The summed E-state index contributed by atoms with van der Waals surface area (Å²) in [6.45, 7) is 2.02. The number of H-pyrrole nitrogens is 1. The van der Waals surface area contributed by atoms with Gasteiger partial charge in [-0.3, -0.25) is 15.3 Å². The number of thiazole rings is 1. The second kappa shape index (κ2) is 5.42. The number of nitrogens with two attached hydrogens (primary N) is 1. The fourth-order valence-corrected chi connectivity index (χ4v) is 2.52. The third-order valence-corrected chi connectivity index (χ3v) is 3.55. The summed E-state index contributed by atoms with van der Waals surface area (Å²) in [5, 5.41) is 17.3. The van der Waals surface area contributed by atoms with Crippen LogP contribution in [0.2, 0.25) is 0 Å². The number of aromatic nitrogens is 3. The minimum atomic E-state index is -0.301. The van der Waals surface area contributed by atoms with Crippen molar-refractivity contribution >= 4 is 17.2 Å². The molecular formula is C9H13N5O3S. The molecule has 0 aliphatic rings. The highest BCUT2D eigenvalue weighted by Gasteiger charge is 2.13. The van der Waals surface area contributed by atoms with Gasteiger partial charge < -0.3 is 10.7 Å². The van der Waals surface area contributed by atoms with Crippen LogP contribution in [0.1, 0.15) is 10.6 Å². The summed E-state index contributed by atoms with van der Waals surface area (Å²) in [4.78, 5) is 16.7. The highest BCUT2D eigenvalue weighted by molar-refractivity contribution is 7.15. The molecule has 0 radical (unpaired) electrons. The lowest BCUT2D eigenvalue weighted by atomic mass is 10.3. The average molecular weight is 271 g/mol. The first-order chi connectivity index (χ1) is 8.58. The molecule has 0 saturated heterocycles. The second-order valence-electron chi connectivity index (χ2n) is 3.53. The third-order valence-electron chi connectivity index (χ3n) is 2.31. The van der Waals surface area contributed by atoms with Gasteiger partial charge in [0.25, 0.3) is 0 Å². The Bertz CT molecular complexity index is 524. The van der Waals surface area contributed by atoms with Gasteiger partial charge in [0, 0.05) is 11.3 Å². The van der Waals surface area contributed by atoms with Crippen LogP contribution < -0.4 is 5.73 Å². The number of imidazole rings is 1. The SMILES string of the molecule is Cc1nc(-c2[nH]cnc2N)sc1CCON(O)O. The van der Waals surface area contributed by atoms with Gasteiger partial charge in [0.2, 0.25) is 0 Å². The molecule has 0 bridgehead atoms. The molecule has 2 rings (SSSR count). The van der Waals surface area contributed by atoms with Crippen molar-refractivity contribution < 1.29 is 15.3 Å². The highest BCUT2D eigenvalue weighted by atomic mass is 32.1. The zero-order valence-corrected chi connectivity index (χ0v) is 10.4. The summed E-state index contributed by atoms with van der Waals surface area (Å²) in [5.41, 5.74) is 7.25. The standard InChI is InChI=1S/C9H13N5O3S/c1-5-6(2-3-17-14(15)16)18-9(13-5)7-8(10)12-4-11-7/h4,15-16H,2-3,10H2,1H3,(H,11,12). The summed E-state index contributed by atoms with van der Waals surface area (Å²) in [5.74, 6) is 0.406. The summed E-state index contributed by atoms with van der Waals surface area (Å²) >= 11 is 1.46. The summed E-state index contributed by atoms with van der Waals surface area (Å²) in [6, 6.07) is 0.